The molecular weight excluding hydrogens is 304 g/mol. The van der Waals surface area contributed by atoms with Crippen molar-refractivity contribution < 1.29 is 13.3 Å². The molecule has 0 radical (unpaired) electrons. The summed E-state index contributed by atoms with van der Waals surface area (Å²) in [6.07, 6.45) is 4.76. The van der Waals surface area contributed by atoms with Crippen molar-refractivity contribution in [3.63, 3.8) is 0 Å². The number of benzene rings is 1. The van der Waals surface area contributed by atoms with Crippen molar-refractivity contribution in [1.82, 2.24) is 4.72 Å². The number of nitrogens with zero attached hydrogens (tertiary/aromatic N) is 1. The van der Waals surface area contributed by atoms with E-state index >= 15 is 0 Å². The van der Waals surface area contributed by atoms with E-state index in [1.807, 2.05) is 6.92 Å². The zero-order valence-corrected chi connectivity index (χ0v) is 13.3. The highest BCUT2D eigenvalue weighted by molar-refractivity contribution is 7.89. The number of nitrogens with one attached hydrogen (secondary N) is 1. The molecule has 0 saturated heterocycles. The molecule has 22 heavy (non-hydrogen) atoms. The van der Waals surface area contributed by atoms with Crippen LogP contribution in [0.2, 0.25) is 0 Å². The summed E-state index contributed by atoms with van der Waals surface area (Å²) in [7, 11) is -3.72. The predicted octanol–water partition coefficient (Wildman–Crippen LogP) is 2.70. The minimum atomic E-state index is -3.72. The Labute approximate surface area is 130 Å². The molecule has 2 aliphatic carbocycles. The number of rotatable bonds is 5. The van der Waals surface area contributed by atoms with Gasteiger partial charge in [-0.2, -0.15) is 0 Å². The van der Waals surface area contributed by atoms with Crippen LogP contribution in [0.4, 0.5) is 5.69 Å². The second-order valence-corrected chi connectivity index (χ2v) is 8.22. The summed E-state index contributed by atoms with van der Waals surface area (Å²) >= 11 is 0. The summed E-state index contributed by atoms with van der Waals surface area (Å²) in [4.78, 5) is 10.2. The number of hydrogen-bond acceptors (Lipinski definition) is 4. The molecule has 0 heterocycles. The van der Waals surface area contributed by atoms with Crippen LogP contribution in [0, 0.1) is 27.9 Å². The van der Waals surface area contributed by atoms with Crippen molar-refractivity contribution >= 4 is 15.7 Å². The van der Waals surface area contributed by atoms with Gasteiger partial charge >= 0.3 is 0 Å². The van der Waals surface area contributed by atoms with E-state index in [1.54, 1.807) is 0 Å². The first-order valence-corrected chi connectivity index (χ1v) is 9.12. The van der Waals surface area contributed by atoms with E-state index in [1.165, 1.54) is 37.5 Å². The third-order valence-electron chi connectivity index (χ3n) is 5.11. The summed E-state index contributed by atoms with van der Waals surface area (Å²) in [6.45, 7) is 1.90. The molecule has 0 aliphatic heterocycles. The molecule has 0 spiro atoms. The zero-order valence-electron chi connectivity index (χ0n) is 12.4. The molecule has 2 saturated carbocycles. The summed E-state index contributed by atoms with van der Waals surface area (Å²) in [6, 6.07) is 5.05. The number of sulfonamides is 1. The molecule has 2 bridgehead atoms. The Morgan fingerprint density at radius 1 is 1.32 bits per heavy atom. The largest absolute Gasteiger partial charge is 0.270 e. The third kappa shape index (κ3) is 2.87. The molecule has 6 nitrogen and oxygen atoms in total. The van der Waals surface area contributed by atoms with Gasteiger partial charge in [0.2, 0.25) is 10.0 Å². The van der Waals surface area contributed by atoms with Gasteiger partial charge in [-0.1, -0.05) is 12.5 Å². The highest BCUT2D eigenvalue weighted by Gasteiger charge is 2.42. The molecule has 0 amide bonds. The topological polar surface area (TPSA) is 89.3 Å². The Bertz CT molecular complexity index is 689. The standard InChI is InChI=1S/C15H20N2O4S/c1-10(15-8-11-5-6-12(15)7-11)16-22(20,21)14-4-2-3-13(9-14)17(18)19/h2-4,9-12,15-16H,5-8H2,1H3/t10-,11-,12-,15-/m0/s1. The molecule has 1 aromatic rings. The van der Waals surface area contributed by atoms with Crippen molar-refractivity contribution in [3.05, 3.63) is 34.4 Å². The van der Waals surface area contributed by atoms with Gasteiger partial charge in [0, 0.05) is 18.2 Å². The highest BCUT2D eigenvalue weighted by Crippen LogP contribution is 2.49. The van der Waals surface area contributed by atoms with Crippen LogP contribution in [0.25, 0.3) is 0 Å². The number of fused-ring (bicyclic) bond motifs is 2. The molecule has 3 rings (SSSR count). The number of non-ortho nitro benzene ring substituents is 1. The van der Waals surface area contributed by atoms with Crippen LogP contribution in [-0.4, -0.2) is 19.4 Å². The number of hydrogen-bond donors (Lipinski definition) is 1. The maximum absolute atomic E-state index is 12.4. The first-order chi connectivity index (χ1) is 10.4. The van der Waals surface area contributed by atoms with E-state index in [9.17, 15) is 18.5 Å². The Balaban J connectivity index is 1.76. The average molecular weight is 324 g/mol. The quantitative estimate of drug-likeness (QED) is 0.666. The van der Waals surface area contributed by atoms with Crippen molar-refractivity contribution in [3.8, 4) is 0 Å². The van der Waals surface area contributed by atoms with Gasteiger partial charge in [0.15, 0.2) is 0 Å². The average Bonchev–Trinajstić information content (AvgIpc) is 3.09. The lowest BCUT2D eigenvalue weighted by Crippen LogP contribution is -2.40. The van der Waals surface area contributed by atoms with Gasteiger partial charge in [-0.3, -0.25) is 10.1 Å². The number of nitro groups is 1. The molecule has 120 valence electrons. The second kappa shape index (κ2) is 5.62. The molecule has 1 N–H and O–H groups in total. The van der Waals surface area contributed by atoms with Crippen LogP contribution in [0.15, 0.2) is 29.2 Å². The van der Waals surface area contributed by atoms with E-state index in [4.69, 9.17) is 0 Å². The lowest BCUT2D eigenvalue weighted by atomic mass is 9.84. The van der Waals surface area contributed by atoms with E-state index in [0.717, 1.165) is 18.4 Å². The van der Waals surface area contributed by atoms with Crippen molar-refractivity contribution in [2.75, 3.05) is 0 Å². The van der Waals surface area contributed by atoms with E-state index in [2.05, 4.69) is 4.72 Å². The SMILES string of the molecule is C[C@H](NS(=O)(=O)c1cccc([N+](=O)[O-])c1)[C@@H]1C[C@H]2CC[C@H]1C2. The fourth-order valence-corrected chi connectivity index (χ4v) is 5.40. The zero-order chi connectivity index (χ0) is 15.9. The van der Waals surface area contributed by atoms with Crippen LogP contribution in [0.1, 0.15) is 32.6 Å². The second-order valence-electron chi connectivity index (χ2n) is 6.50. The van der Waals surface area contributed by atoms with Crippen LogP contribution < -0.4 is 4.72 Å². The van der Waals surface area contributed by atoms with Crippen molar-refractivity contribution in [2.24, 2.45) is 17.8 Å². The maximum atomic E-state index is 12.4. The predicted molar refractivity (Wildman–Crippen MR) is 81.8 cm³/mol. The fraction of sp³-hybridized carbons (Fsp3) is 0.600. The van der Waals surface area contributed by atoms with Crippen LogP contribution in [-0.2, 0) is 10.0 Å². The van der Waals surface area contributed by atoms with E-state index in [0.29, 0.717) is 11.8 Å². The molecule has 7 heteroatoms. The van der Waals surface area contributed by atoms with Crippen LogP contribution in [0.5, 0.6) is 0 Å². The van der Waals surface area contributed by atoms with E-state index < -0.39 is 14.9 Å². The Kier molecular flexibility index (Phi) is 3.94. The summed E-state index contributed by atoms with van der Waals surface area (Å²) in [5.41, 5.74) is -0.213. The summed E-state index contributed by atoms with van der Waals surface area (Å²) in [5.74, 6) is 1.75. The highest BCUT2D eigenvalue weighted by atomic mass is 32.2. The molecule has 1 aromatic carbocycles. The molecule has 2 aliphatic rings. The first-order valence-electron chi connectivity index (χ1n) is 7.63. The van der Waals surface area contributed by atoms with Crippen LogP contribution >= 0.6 is 0 Å². The molecule has 0 unspecified atom stereocenters. The van der Waals surface area contributed by atoms with Crippen LogP contribution in [0.3, 0.4) is 0 Å². The van der Waals surface area contributed by atoms with Crippen molar-refractivity contribution in [1.29, 1.82) is 0 Å². The monoisotopic (exact) mass is 324 g/mol. The minimum Gasteiger partial charge on any atom is -0.258 e. The minimum absolute atomic E-state index is 0.0447. The Hall–Kier alpha value is -1.47. The lowest BCUT2D eigenvalue weighted by Gasteiger charge is -2.28. The smallest absolute Gasteiger partial charge is 0.258 e. The Morgan fingerprint density at radius 3 is 2.68 bits per heavy atom. The fourth-order valence-electron chi connectivity index (χ4n) is 4.07. The third-order valence-corrected chi connectivity index (χ3v) is 6.67. The molecule has 0 aromatic heterocycles. The molecule has 2 fully saturated rings. The van der Waals surface area contributed by atoms with Gasteiger partial charge in [0.05, 0.1) is 9.82 Å². The van der Waals surface area contributed by atoms with Gasteiger partial charge < -0.3 is 0 Å². The first kappa shape index (κ1) is 15.4. The Morgan fingerprint density at radius 2 is 2.09 bits per heavy atom. The number of nitro benzene ring substituents is 1. The normalized spacial score (nSPS) is 28.7. The van der Waals surface area contributed by atoms with Gasteiger partial charge in [0.25, 0.3) is 5.69 Å². The van der Waals surface area contributed by atoms with Gasteiger partial charge in [-0.05, 0) is 50.0 Å². The van der Waals surface area contributed by atoms with Gasteiger partial charge in [0.1, 0.15) is 0 Å². The van der Waals surface area contributed by atoms with Gasteiger partial charge in [-0.15, -0.1) is 0 Å². The maximum Gasteiger partial charge on any atom is 0.270 e. The van der Waals surface area contributed by atoms with E-state index in [-0.39, 0.29) is 16.6 Å². The summed E-state index contributed by atoms with van der Waals surface area (Å²) in [5, 5.41) is 10.8. The molecule has 4 atom stereocenters. The van der Waals surface area contributed by atoms with Crippen molar-refractivity contribution in [2.45, 2.75) is 43.5 Å². The molecular formula is C15H20N2O4S. The summed E-state index contributed by atoms with van der Waals surface area (Å²) < 4.78 is 27.6. The van der Waals surface area contributed by atoms with Gasteiger partial charge in [-0.25, -0.2) is 13.1 Å². The lowest BCUT2D eigenvalue weighted by molar-refractivity contribution is -0.385.